The standard InChI is InChI=1S/C11H15FN2O4S/c1-7(15)13-6-11(16)9-5-8(3-4-10(9)12)14-19(2,17)18/h3-5,11,14,16H,6H2,1-2H3,(H,13,15)/t11-/m0/s1. The van der Waals surface area contributed by atoms with Crippen LogP contribution in [0.1, 0.15) is 18.6 Å². The molecule has 6 nitrogen and oxygen atoms in total. The molecule has 0 aliphatic rings. The number of carbonyl (C=O) groups excluding carboxylic acids is 1. The van der Waals surface area contributed by atoms with Crippen molar-refractivity contribution in [3.8, 4) is 0 Å². The molecule has 106 valence electrons. The molecule has 0 bridgehead atoms. The Hall–Kier alpha value is -1.67. The zero-order valence-corrected chi connectivity index (χ0v) is 11.3. The highest BCUT2D eigenvalue weighted by molar-refractivity contribution is 7.92. The van der Waals surface area contributed by atoms with E-state index in [1.54, 1.807) is 0 Å². The summed E-state index contributed by atoms with van der Waals surface area (Å²) in [7, 11) is -3.48. The fourth-order valence-electron chi connectivity index (χ4n) is 1.43. The van der Waals surface area contributed by atoms with Crippen molar-refractivity contribution in [1.29, 1.82) is 0 Å². The minimum Gasteiger partial charge on any atom is -0.386 e. The summed E-state index contributed by atoms with van der Waals surface area (Å²) >= 11 is 0. The van der Waals surface area contributed by atoms with Crippen molar-refractivity contribution in [2.24, 2.45) is 0 Å². The minimum absolute atomic E-state index is 0.0950. The average molecular weight is 290 g/mol. The first-order valence-electron chi connectivity index (χ1n) is 5.39. The predicted molar refractivity (Wildman–Crippen MR) is 68.5 cm³/mol. The lowest BCUT2D eigenvalue weighted by Gasteiger charge is -2.14. The zero-order valence-electron chi connectivity index (χ0n) is 10.5. The summed E-state index contributed by atoms with van der Waals surface area (Å²) in [6.07, 6.45) is -0.297. The number of carbonyl (C=O) groups is 1. The normalized spacial score (nSPS) is 12.8. The average Bonchev–Trinajstić information content (AvgIpc) is 2.26. The van der Waals surface area contributed by atoms with Crippen LogP contribution in [-0.4, -0.2) is 32.2 Å². The van der Waals surface area contributed by atoms with Gasteiger partial charge in [-0.25, -0.2) is 12.8 Å². The molecule has 0 aliphatic heterocycles. The van der Waals surface area contributed by atoms with Crippen molar-refractivity contribution in [3.63, 3.8) is 0 Å². The van der Waals surface area contributed by atoms with E-state index in [-0.39, 0.29) is 23.7 Å². The van der Waals surface area contributed by atoms with Crippen LogP contribution in [0.5, 0.6) is 0 Å². The molecule has 1 rings (SSSR count). The summed E-state index contributed by atoms with van der Waals surface area (Å²) in [5.41, 5.74) is 0.0446. The third kappa shape index (κ3) is 5.23. The topological polar surface area (TPSA) is 95.5 Å². The van der Waals surface area contributed by atoms with Gasteiger partial charge in [0, 0.05) is 24.7 Å². The molecule has 1 amide bonds. The summed E-state index contributed by atoms with van der Waals surface area (Å²) in [4.78, 5) is 10.7. The maximum absolute atomic E-state index is 13.5. The predicted octanol–water partition coefficient (Wildman–Crippen LogP) is 0.367. The van der Waals surface area contributed by atoms with E-state index in [4.69, 9.17) is 0 Å². The van der Waals surface area contributed by atoms with Crippen LogP contribution in [0.4, 0.5) is 10.1 Å². The van der Waals surface area contributed by atoms with Crippen LogP contribution in [0.25, 0.3) is 0 Å². The number of nitrogens with one attached hydrogen (secondary N) is 2. The fourth-order valence-corrected chi connectivity index (χ4v) is 1.98. The lowest BCUT2D eigenvalue weighted by Crippen LogP contribution is -2.26. The number of hydrogen-bond acceptors (Lipinski definition) is 4. The Morgan fingerprint density at radius 2 is 2.11 bits per heavy atom. The summed E-state index contributed by atoms with van der Waals surface area (Å²) in [6.45, 7) is 1.11. The Morgan fingerprint density at radius 3 is 2.63 bits per heavy atom. The molecule has 1 aromatic carbocycles. The molecule has 0 heterocycles. The second-order valence-electron chi connectivity index (χ2n) is 4.06. The smallest absolute Gasteiger partial charge is 0.229 e. The molecule has 0 unspecified atom stereocenters. The van der Waals surface area contributed by atoms with Gasteiger partial charge in [-0.05, 0) is 18.2 Å². The van der Waals surface area contributed by atoms with Gasteiger partial charge < -0.3 is 10.4 Å². The van der Waals surface area contributed by atoms with E-state index in [0.717, 1.165) is 12.3 Å². The van der Waals surface area contributed by atoms with Crippen molar-refractivity contribution in [3.05, 3.63) is 29.6 Å². The van der Waals surface area contributed by atoms with Gasteiger partial charge in [-0.2, -0.15) is 0 Å². The molecule has 0 saturated carbocycles. The number of aliphatic hydroxyl groups excluding tert-OH is 1. The molecular formula is C11H15FN2O4S. The number of amides is 1. The number of aliphatic hydroxyl groups is 1. The first-order valence-corrected chi connectivity index (χ1v) is 7.28. The van der Waals surface area contributed by atoms with Crippen molar-refractivity contribution in [1.82, 2.24) is 5.32 Å². The highest BCUT2D eigenvalue weighted by Crippen LogP contribution is 2.21. The molecule has 8 heteroatoms. The molecule has 0 radical (unpaired) electrons. The Kier molecular flexibility index (Phi) is 4.84. The van der Waals surface area contributed by atoms with Gasteiger partial charge in [-0.15, -0.1) is 0 Å². The second-order valence-corrected chi connectivity index (χ2v) is 5.81. The van der Waals surface area contributed by atoms with Gasteiger partial charge in [0.25, 0.3) is 0 Å². The van der Waals surface area contributed by atoms with Crippen LogP contribution in [-0.2, 0) is 14.8 Å². The van der Waals surface area contributed by atoms with Gasteiger partial charge in [0.15, 0.2) is 0 Å². The molecule has 1 atom stereocenters. The van der Waals surface area contributed by atoms with E-state index in [1.165, 1.54) is 19.1 Å². The summed E-state index contributed by atoms with van der Waals surface area (Å²) in [5, 5.41) is 12.1. The van der Waals surface area contributed by atoms with Crippen LogP contribution in [0.15, 0.2) is 18.2 Å². The number of halogens is 1. The van der Waals surface area contributed by atoms with Crippen molar-refractivity contribution < 1.29 is 22.7 Å². The van der Waals surface area contributed by atoms with Crippen LogP contribution in [0.3, 0.4) is 0 Å². The van der Waals surface area contributed by atoms with Crippen molar-refractivity contribution in [2.75, 3.05) is 17.5 Å². The molecule has 0 spiro atoms. The first kappa shape index (κ1) is 15.4. The monoisotopic (exact) mass is 290 g/mol. The van der Waals surface area contributed by atoms with E-state index in [9.17, 15) is 22.7 Å². The van der Waals surface area contributed by atoms with E-state index < -0.39 is 21.9 Å². The van der Waals surface area contributed by atoms with Crippen molar-refractivity contribution in [2.45, 2.75) is 13.0 Å². The second kappa shape index (κ2) is 5.98. The number of anilines is 1. The molecule has 1 aromatic rings. The largest absolute Gasteiger partial charge is 0.386 e. The van der Waals surface area contributed by atoms with Crippen molar-refractivity contribution >= 4 is 21.6 Å². The number of rotatable bonds is 5. The summed E-state index contributed by atoms with van der Waals surface area (Å²) in [5.74, 6) is -1.04. The molecule has 19 heavy (non-hydrogen) atoms. The number of benzene rings is 1. The zero-order chi connectivity index (χ0) is 14.6. The van der Waals surface area contributed by atoms with Gasteiger partial charge in [0.1, 0.15) is 5.82 Å². The highest BCUT2D eigenvalue weighted by Gasteiger charge is 2.15. The summed E-state index contributed by atoms with van der Waals surface area (Å²) < 4.78 is 37.8. The van der Waals surface area contributed by atoms with Gasteiger partial charge in [0.2, 0.25) is 15.9 Å². The molecule has 3 N–H and O–H groups in total. The number of sulfonamides is 1. The molecule has 0 aliphatic carbocycles. The Labute approximate surface area is 110 Å². The van der Waals surface area contributed by atoms with E-state index in [1.807, 2.05) is 0 Å². The van der Waals surface area contributed by atoms with E-state index in [0.29, 0.717) is 0 Å². The van der Waals surface area contributed by atoms with Crippen LogP contribution < -0.4 is 10.0 Å². The highest BCUT2D eigenvalue weighted by atomic mass is 32.2. The maximum atomic E-state index is 13.5. The molecule has 0 aromatic heterocycles. The Bertz CT molecular complexity index is 574. The van der Waals surface area contributed by atoms with E-state index >= 15 is 0 Å². The van der Waals surface area contributed by atoms with Crippen LogP contribution in [0, 0.1) is 5.82 Å². The van der Waals surface area contributed by atoms with Gasteiger partial charge in [-0.3, -0.25) is 9.52 Å². The summed E-state index contributed by atoms with van der Waals surface area (Å²) in [6, 6.07) is 3.47. The van der Waals surface area contributed by atoms with Gasteiger partial charge in [-0.1, -0.05) is 0 Å². The molecule has 0 fully saturated rings. The van der Waals surface area contributed by atoms with Crippen LogP contribution in [0.2, 0.25) is 0 Å². The third-order valence-corrected chi connectivity index (χ3v) is 2.81. The van der Waals surface area contributed by atoms with Crippen LogP contribution >= 0.6 is 0 Å². The Balaban J connectivity index is 2.93. The van der Waals surface area contributed by atoms with Gasteiger partial charge >= 0.3 is 0 Å². The molecular weight excluding hydrogens is 275 g/mol. The first-order chi connectivity index (χ1) is 8.69. The minimum atomic E-state index is -3.48. The molecule has 0 saturated heterocycles. The number of hydrogen-bond donors (Lipinski definition) is 3. The lowest BCUT2D eigenvalue weighted by molar-refractivity contribution is -0.119. The fraction of sp³-hybridized carbons (Fsp3) is 0.364. The maximum Gasteiger partial charge on any atom is 0.229 e. The van der Waals surface area contributed by atoms with E-state index in [2.05, 4.69) is 10.0 Å². The Morgan fingerprint density at radius 1 is 1.47 bits per heavy atom. The quantitative estimate of drug-likeness (QED) is 0.730. The lowest BCUT2D eigenvalue weighted by atomic mass is 10.1. The SMILES string of the molecule is CC(=O)NC[C@H](O)c1cc(NS(C)(=O)=O)ccc1F. The van der Waals surface area contributed by atoms with Gasteiger partial charge in [0.05, 0.1) is 12.4 Å². The third-order valence-electron chi connectivity index (χ3n) is 2.20.